The maximum Gasteiger partial charge on any atom is 0.328 e. The van der Waals surface area contributed by atoms with Crippen molar-refractivity contribution >= 4 is 11.9 Å². The summed E-state index contributed by atoms with van der Waals surface area (Å²) in [6, 6.07) is 11.2. The maximum atomic E-state index is 14.0. The molecule has 1 fully saturated rings. The molecule has 1 saturated heterocycles. The number of rotatable bonds is 6. The van der Waals surface area contributed by atoms with Crippen LogP contribution < -0.4 is 5.32 Å². The highest BCUT2D eigenvalue weighted by Gasteiger charge is 2.16. The van der Waals surface area contributed by atoms with Crippen LogP contribution in [-0.4, -0.2) is 41.3 Å². The van der Waals surface area contributed by atoms with E-state index in [2.05, 4.69) is 5.32 Å². The summed E-state index contributed by atoms with van der Waals surface area (Å²) in [5.41, 5.74) is 2.07. The largest absolute Gasteiger partial charge is 0.478 e. The Balaban J connectivity index is 0.000000321. The Kier molecular flexibility index (Phi) is 8.45. The van der Waals surface area contributed by atoms with E-state index in [1.807, 2.05) is 24.3 Å². The van der Waals surface area contributed by atoms with Crippen LogP contribution in [0.1, 0.15) is 12.0 Å². The van der Waals surface area contributed by atoms with Gasteiger partial charge in [0.15, 0.2) is 0 Å². The fraction of sp³-hybridized carbons (Fsp3) is 0.238. The van der Waals surface area contributed by atoms with E-state index in [9.17, 15) is 18.4 Å². The average Bonchev–Trinajstić information content (AvgIpc) is 3.19. The van der Waals surface area contributed by atoms with Crippen LogP contribution in [0.5, 0.6) is 0 Å². The van der Waals surface area contributed by atoms with Crippen molar-refractivity contribution in [1.82, 2.24) is 5.32 Å². The van der Waals surface area contributed by atoms with Crippen LogP contribution in [-0.2, 0) is 20.9 Å². The van der Waals surface area contributed by atoms with Gasteiger partial charge in [0.1, 0.15) is 11.6 Å². The molecule has 1 aliphatic heterocycles. The van der Waals surface area contributed by atoms with Crippen molar-refractivity contribution in [1.29, 1.82) is 0 Å². The molecule has 0 aliphatic carbocycles. The molecule has 0 bridgehead atoms. The number of benzene rings is 2. The van der Waals surface area contributed by atoms with Crippen LogP contribution in [0, 0.1) is 11.6 Å². The standard InChI is InChI=1S/C17H17F2NO.C4H4O4/c18-13-5-6-16(17(19)9-13)15-4-2-1-3-12(15)11-21-14-7-8-20-10-14;5-3(6)1-2-4(7)8/h1-6,9,14,20H,7-8,10-11H2;1-2H,(H,5,6)(H,7,8)/b;2-1+/t14-;/m0./s1. The third-order valence-electron chi connectivity index (χ3n) is 4.10. The molecule has 0 radical (unpaired) electrons. The minimum Gasteiger partial charge on any atom is -0.478 e. The molecule has 0 aromatic heterocycles. The first kappa shape index (κ1) is 22.2. The average molecular weight is 405 g/mol. The predicted octanol–water partition coefficient (Wildman–Crippen LogP) is 3.22. The SMILES string of the molecule is Fc1ccc(-c2ccccc2CO[C@H]2CCNC2)c(F)c1.O=C(O)/C=C/C(=O)O. The normalized spacial score (nSPS) is 15.7. The molecule has 3 rings (SSSR count). The fourth-order valence-corrected chi connectivity index (χ4v) is 2.74. The zero-order valence-corrected chi connectivity index (χ0v) is 15.5. The summed E-state index contributed by atoms with van der Waals surface area (Å²) in [5, 5.41) is 18.9. The third kappa shape index (κ3) is 7.44. The highest BCUT2D eigenvalue weighted by Crippen LogP contribution is 2.27. The molecule has 29 heavy (non-hydrogen) atoms. The van der Waals surface area contributed by atoms with Gasteiger partial charge in [-0.1, -0.05) is 24.3 Å². The second-order valence-corrected chi connectivity index (χ2v) is 6.22. The quantitative estimate of drug-likeness (QED) is 0.639. The lowest BCUT2D eigenvalue weighted by molar-refractivity contribution is -0.134. The molecule has 2 aromatic carbocycles. The van der Waals surface area contributed by atoms with Crippen molar-refractivity contribution in [3.05, 3.63) is 71.8 Å². The van der Waals surface area contributed by atoms with Crippen LogP contribution in [0.2, 0.25) is 0 Å². The smallest absolute Gasteiger partial charge is 0.328 e. The Morgan fingerprint density at radius 1 is 1.07 bits per heavy atom. The van der Waals surface area contributed by atoms with Gasteiger partial charge in [-0.15, -0.1) is 0 Å². The first-order valence-corrected chi connectivity index (χ1v) is 8.86. The molecule has 1 heterocycles. The molecule has 1 atom stereocenters. The van der Waals surface area contributed by atoms with Gasteiger partial charge in [-0.25, -0.2) is 18.4 Å². The number of carboxylic acid groups (broad SMARTS) is 2. The molecule has 0 amide bonds. The van der Waals surface area contributed by atoms with E-state index in [0.717, 1.165) is 36.7 Å². The van der Waals surface area contributed by atoms with Gasteiger partial charge in [0.2, 0.25) is 0 Å². The number of ether oxygens (including phenoxy) is 1. The third-order valence-corrected chi connectivity index (χ3v) is 4.10. The van der Waals surface area contributed by atoms with Gasteiger partial charge >= 0.3 is 11.9 Å². The summed E-state index contributed by atoms with van der Waals surface area (Å²) >= 11 is 0. The van der Waals surface area contributed by atoms with Gasteiger partial charge in [0.25, 0.3) is 0 Å². The van der Waals surface area contributed by atoms with Gasteiger partial charge in [-0.2, -0.15) is 0 Å². The number of aliphatic carboxylic acids is 2. The highest BCUT2D eigenvalue weighted by molar-refractivity contribution is 5.89. The number of halogens is 2. The van der Waals surface area contributed by atoms with Gasteiger partial charge in [0.05, 0.1) is 12.7 Å². The van der Waals surface area contributed by atoms with Crippen molar-refractivity contribution in [3.8, 4) is 11.1 Å². The molecule has 6 nitrogen and oxygen atoms in total. The summed E-state index contributed by atoms with van der Waals surface area (Å²) in [5.74, 6) is -3.63. The Bertz CT molecular complexity index is 863. The molecular formula is C21H21F2NO5. The van der Waals surface area contributed by atoms with Gasteiger partial charge in [-0.3, -0.25) is 0 Å². The Labute approximate surface area is 166 Å². The fourth-order valence-electron chi connectivity index (χ4n) is 2.74. The predicted molar refractivity (Wildman–Crippen MR) is 102 cm³/mol. The molecular weight excluding hydrogens is 384 g/mol. The summed E-state index contributed by atoms with van der Waals surface area (Å²) in [7, 11) is 0. The van der Waals surface area contributed by atoms with Crippen LogP contribution >= 0.6 is 0 Å². The van der Waals surface area contributed by atoms with Crippen molar-refractivity contribution in [2.24, 2.45) is 0 Å². The van der Waals surface area contributed by atoms with Crippen LogP contribution in [0.4, 0.5) is 8.78 Å². The zero-order chi connectivity index (χ0) is 21.2. The zero-order valence-electron chi connectivity index (χ0n) is 15.5. The first-order valence-electron chi connectivity index (χ1n) is 8.86. The van der Waals surface area contributed by atoms with Crippen molar-refractivity contribution in [3.63, 3.8) is 0 Å². The molecule has 2 aromatic rings. The number of nitrogens with one attached hydrogen (secondary N) is 1. The van der Waals surface area contributed by atoms with Crippen LogP contribution in [0.25, 0.3) is 11.1 Å². The van der Waals surface area contributed by atoms with Crippen LogP contribution in [0.15, 0.2) is 54.6 Å². The lowest BCUT2D eigenvalue weighted by atomic mass is 9.99. The van der Waals surface area contributed by atoms with E-state index in [1.54, 1.807) is 0 Å². The molecule has 8 heteroatoms. The highest BCUT2D eigenvalue weighted by atomic mass is 19.1. The van der Waals surface area contributed by atoms with E-state index < -0.39 is 23.6 Å². The van der Waals surface area contributed by atoms with Crippen LogP contribution in [0.3, 0.4) is 0 Å². The maximum absolute atomic E-state index is 14.0. The number of hydrogen-bond acceptors (Lipinski definition) is 4. The molecule has 0 saturated carbocycles. The van der Waals surface area contributed by atoms with E-state index in [-0.39, 0.29) is 6.10 Å². The summed E-state index contributed by atoms with van der Waals surface area (Å²) in [6.45, 7) is 2.26. The number of carboxylic acids is 2. The molecule has 0 spiro atoms. The molecule has 3 N–H and O–H groups in total. The second kappa shape index (κ2) is 11.0. The lowest BCUT2D eigenvalue weighted by Gasteiger charge is -2.14. The van der Waals surface area contributed by atoms with Gasteiger partial charge in [0, 0.05) is 30.3 Å². The minimum atomic E-state index is -1.26. The molecule has 1 aliphatic rings. The Hall–Kier alpha value is -3.10. The topological polar surface area (TPSA) is 95.9 Å². The Morgan fingerprint density at radius 2 is 1.76 bits per heavy atom. The van der Waals surface area contributed by atoms with E-state index >= 15 is 0 Å². The van der Waals surface area contributed by atoms with Crippen molar-refractivity contribution in [2.45, 2.75) is 19.1 Å². The monoisotopic (exact) mass is 405 g/mol. The van der Waals surface area contributed by atoms with Crippen molar-refractivity contribution < 1.29 is 33.3 Å². The minimum absolute atomic E-state index is 0.205. The summed E-state index contributed by atoms with van der Waals surface area (Å²) in [4.78, 5) is 19.1. The van der Waals surface area contributed by atoms with E-state index in [1.165, 1.54) is 12.1 Å². The van der Waals surface area contributed by atoms with E-state index in [4.69, 9.17) is 14.9 Å². The number of carbonyl (C=O) groups is 2. The first-order chi connectivity index (χ1) is 13.9. The molecule has 0 unspecified atom stereocenters. The lowest BCUT2D eigenvalue weighted by Crippen LogP contribution is -2.16. The van der Waals surface area contributed by atoms with Gasteiger partial charge < -0.3 is 20.3 Å². The number of hydrogen-bond donors (Lipinski definition) is 3. The molecule has 154 valence electrons. The van der Waals surface area contributed by atoms with Crippen molar-refractivity contribution in [2.75, 3.05) is 13.1 Å². The summed E-state index contributed by atoms with van der Waals surface area (Å²) in [6.07, 6.45) is 2.31. The summed E-state index contributed by atoms with van der Waals surface area (Å²) < 4.78 is 32.9. The van der Waals surface area contributed by atoms with Gasteiger partial charge in [-0.05, 0) is 36.2 Å². The van der Waals surface area contributed by atoms with E-state index in [0.29, 0.717) is 24.3 Å². The Morgan fingerprint density at radius 3 is 2.34 bits per heavy atom. The second-order valence-electron chi connectivity index (χ2n) is 6.22.